The number of aliphatic hydroxyl groups excluding tert-OH is 2. The number of ether oxygens (including phenoxy) is 2. The van der Waals surface area contributed by atoms with Crippen LogP contribution < -0.4 is 0 Å². The van der Waals surface area contributed by atoms with Crippen LogP contribution in [0.15, 0.2) is 0 Å². The second-order valence-corrected chi connectivity index (χ2v) is 3.60. The molecule has 0 saturated heterocycles. The molecule has 0 heterocycles. The second kappa shape index (κ2) is 8.95. The maximum atomic E-state index is 11.4. The van der Waals surface area contributed by atoms with Crippen molar-refractivity contribution in [2.75, 3.05) is 13.2 Å². The molecule has 2 atom stereocenters. The Balaban J connectivity index is 4.07. The molecule has 0 spiro atoms. The molecule has 0 aliphatic rings. The molecule has 2 unspecified atom stereocenters. The largest absolute Gasteiger partial charge is 0.460 e. The SMILES string of the molecule is CCCC(=O)OC(CC)C(=O)OCC(O)CO. The van der Waals surface area contributed by atoms with Crippen molar-refractivity contribution in [2.24, 2.45) is 0 Å². The topological polar surface area (TPSA) is 93.1 Å². The molecule has 0 aliphatic heterocycles. The van der Waals surface area contributed by atoms with Crippen LogP contribution in [0.3, 0.4) is 0 Å². The Morgan fingerprint density at radius 2 is 1.94 bits per heavy atom. The Morgan fingerprint density at radius 3 is 2.41 bits per heavy atom. The maximum absolute atomic E-state index is 11.4. The van der Waals surface area contributed by atoms with E-state index in [1.165, 1.54) is 0 Å². The van der Waals surface area contributed by atoms with Crippen LogP contribution >= 0.6 is 0 Å². The lowest BCUT2D eigenvalue weighted by atomic mass is 10.2. The molecule has 0 aromatic rings. The Hall–Kier alpha value is -1.14. The Morgan fingerprint density at radius 1 is 1.29 bits per heavy atom. The summed E-state index contributed by atoms with van der Waals surface area (Å²) in [5.74, 6) is -1.15. The molecule has 0 radical (unpaired) electrons. The van der Waals surface area contributed by atoms with Gasteiger partial charge in [-0.1, -0.05) is 13.8 Å². The normalized spacial score (nSPS) is 13.9. The highest BCUT2D eigenvalue weighted by Gasteiger charge is 2.22. The van der Waals surface area contributed by atoms with Crippen LogP contribution in [-0.2, 0) is 19.1 Å². The highest BCUT2D eigenvalue weighted by atomic mass is 16.6. The first-order chi connectivity index (χ1) is 8.04. The molecule has 0 aliphatic carbocycles. The predicted molar refractivity (Wildman–Crippen MR) is 59.1 cm³/mol. The van der Waals surface area contributed by atoms with Crippen molar-refractivity contribution in [1.29, 1.82) is 0 Å². The van der Waals surface area contributed by atoms with Crippen LogP contribution in [0.1, 0.15) is 33.1 Å². The zero-order valence-corrected chi connectivity index (χ0v) is 10.2. The molecule has 2 N–H and O–H groups in total. The van der Waals surface area contributed by atoms with E-state index >= 15 is 0 Å². The van der Waals surface area contributed by atoms with Crippen molar-refractivity contribution in [3.63, 3.8) is 0 Å². The van der Waals surface area contributed by atoms with Gasteiger partial charge in [0.25, 0.3) is 0 Å². The molecule has 0 aromatic heterocycles. The van der Waals surface area contributed by atoms with E-state index in [9.17, 15) is 9.59 Å². The third-order valence-corrected chi connectivity index (χ3v) is 1.99. The zero-order valence-electron chi connectivity index (χ0n) is 10.2. The van der Waals surface area contributed by atoms with Gasteiger partial charge in [0, 0.05) is 6.42 Å². The van der Waals surface area contributed by atoms with E-state index < -0.39 is 30.8 Å². The summed E-state index contributed by atoms with van der Waals surface area (Å²) in [5, 5.41) is 17.5. The molecule has 0 bridgehead atoms. The highest BCUT2D eigenvalue weighted by Crippen LogP contribution is 2.04. The summed E-state index contributed by atoms with van der Waals surface area (Å²) in [7, 11) is 0. The Labute approximate surface area is 101 Å². The fourth-order valence-electron chi connectivity index (χ4n) is 1.04. The first kappa shape index (κ1) is 15.9. The van der Waals surface area contributed by atoms with Crippen LogP contribution in [0, 0.1) is 0 Å². The van der Waals surface area contributed by atoms with E-state index in [-0.39, 0.29) is 13.0 Å². The monoisotopic (exact) mass is 248 g/mol. The first-order valence-corrected chi connectivity index (χ1v) is 5.70. The molecule has 0 saturated carbocycles. The van der Waals surface area contributed by atoms with Crippen LogP contribution in [-0.4, -0.2) is 47.6 Å². The van der Waals surface area contributed by atoms with Gasteiger partial charge in [0.2, 0.25) is 0 Å². The lowest BCUT2D eigenvalue weighted by molar-refractivity contribution is -0.170. The summed E-state index contributed by atoms with van der Waals surface area (Å²) in [6.45, 7) is 2.72. The minimum Gasteiger partial charge on any atom is -0.460 e. The smallest absolute Gasteiger partial charge is 0.347 e. The van der Waals surface area contributed by atoms with Gasteiger partial charge in [0.1, 0.15) is 12.7 Å². The third-order valence-electron chi connectivity index (χ3n) is 1.99. The minimum atomic E-state index is -1.11. The van der Waals surface area contributed by atoms with Crippen molar-refractivity contribution < 1.29 is 29.3 Å². The van der Waals surface area contributed by atoms with Gasteiger partial charge in [-0.3, -0.25) is 4.79 Å². The van der Waals surface area contributed by atoms with Gasteiger partial charge in [-0.05, 0) is 12.8 Å². The summed E-state index contributed by atoms with van der Waals surface area (Å²) >= 11 is 0. The summed E-state index contributed by atoms with van der Waals surface area (Å²) < 4.78 is 9.61. The molecule has 0 rings (SSSR count). The zero-order chi connectivity index (χ0) is 13.3. The highest BCUT2D eigenvalue weighted by molar-refractivity contribution is 5.79. The fraction of sp³-hybridized carbons (Fsp3) is 0.818. The van der Waals surface area contributed by atoms with Gasteiger partial charge >= 0.3 is 11.9 Å². The standard InChI is InChI=1S/C11H20O6/c1-3-5-10(14)17-9(4-2)11(15)16-7-8(13)6-12/h8-9,12-13H,3-7H2,1-2H3. The molecule has 17 heavy (non-hydrogen) atoms. The van der Waals surface area contributed by atoms with Gasteiger partial charge < -0.3 is 19.7 Å². The van der Waals surface area contributed by atoms with Crippen LogP contribution in [0.5, 0.6) is 0 Å². The first-order valence-electron chi connectivity index (χ1n) is 5.70. The van der Waals surface area contributed by atoms with Crippen molar-refractivity contribution in [1.82, 2.24) is 0 Å². The van der Waals surface area contributed by atoms with Crippen molar-refractivity contribution in [3.05, 3.63) is 0 Å². The Kier molecular flexibility index (Phi) is 8.35. The molecule has 0 amide bonds. The van der Waals surface area contributed by atoms with Gasteiger partial charge in [-0.15, -0.1) is 0 Å². The number of carbonyl (C=O) groups excluding carboxylic acids is 2. The van der Waals surface area contributed by atoms with Gasteiger partial charge in [0.05, 0.1) is 6.61 Å². The average Bonchev–Trinajstić information content (AvgIpc) is 2.32. The molecule has 0 fully saturated rings. The molecular formula is C11H20O6. The number of carbonyl (C=O) groups is 2. The summed E-state index contributed by atoms with van der Waals surface area (Å²) in [6, 6.07) is 0. The summed E-state index contributed by atoms with van der Waals surface area (Å²) in [6.07, 6.45) is -0.845. The van der Waals surface area contributed by atoms with Crippen LogP contribution in [0.25, 0.3) is 0 Å². The van der Waals surface area contributed by atoms with Crippen molar-refractivity contribution in [3.8, 4) is 0 Å². The lowest BCUT2D eigenvalue weighted by Gasteiger charge is -2.16. The average molecular weight is 248 g/mol. The van der Waals surface area contributed by atoms with E-state index in [1.807, 2.05) is 6.92 Å². The van der Waals surface area contributed by atoms with Crippen molar-refractivity contribution >= 4 is 11.9 Å². The van der Waals surface area contributed by atoms with Crippen molar-refractivity contribution in [2.45, 2.75) is 45.3 Å². The van der Waals surface area contributed by atoms with E-state index in [4.69, 9.17) is 19.7 Å². The summed E-state index contributed by atoms with van der Waals surface area (Å²) in [5.41, 5.74) is 0. The molecular weight excluding hydrogens is 228 g/mol. The number of rotatable bonds is 8. The fourth-order valence-corrected chi connectivity index (χ4v) is 1.04. The predicted octanol–water partition coefficient (Wildman–Crippen LogP) is 0.00470. The van der Waals surface area contributed by atoms with Crippen LogP contribution in [0.4, 0.5) is 0 Å². The molecule has 100 valence electrons. The number of aliphatic hydroxyl groups is 2. The third kappa shape index (κ3) is 6.91. The molecule has 0 aromatic carbocycles. The minimum absolute atomic E-state index is 0.253. The quantitative estimate of drug-likeness (QED) is 0.587. The van der Waals surface area contributed by atoms with E-state index in [0.717, 1.165) is 0 Å². The van der Waals surface area contributed by atoms with E-state index in [1.54, 1.807) is 6.92 Å². The molecule has 6 heteroatoms. The maximum Gasteiger partial charge on any atom is 0.347 e. The van der Waals surface area contributed by atoms with Gasteiger partial charge in [-0.25, -0.2) is 4.79 Å². The van der Waals surface area contributed by atoms with Crippen LogP contribution in [0.2, 0.25) is 0 Å². The van der Waals surface area contributed by atoms with E-state index in [0.29, 0.717) is 12.8 Å². The number of hydrogen-bond donors (Lipinski definition) is 2. The van der Waals surface area contributed by atoms with E-state index in [2.05, 4.69) is 0 Å². The van der Waals surface area contributed by atoms with Gasteiger partial charge in [0.15, 0.2) is 6.10 Å². The van der Waals surface area contributed by atoms with Gasteiger partial charge in [-0.2, -0.15) is 0 Å². The number of hydrogen-bond acceptors (Lipinski definition) is 6. The Bertz CT molecular complexity index is 240. The summed E-state index contributed by atoms with van der Waals surface area (Å²) in [4.78, 5) is 22.6. The second-order valence-electron chi connectivity index (χ2n) is 3.60. The number of esters is 2. The molecule has 6 nitrogen and oxygen atoms in total. The lowest BCUT2D eigenvalue weighted by Crippen LogP contribution is -2.31.